The first kappa shape index (κ1) is 39.2. The third kappa shape index (κ3) is 8.25. The van der Waals surface area contributed by atoms with Crippen molar-refractivity contribution in [2.75, 3.05) is 19.8 Å². The van der Waals surface area contributed by atoms with Crippen LogP contribution in [-0.4, -0.2) is 56.4 Å². The zero-order valence-corrected chi connectivity index (χ0v) is 33.7. The Hall–Kier alpha value is -4.54. The van der Waals surface area contributed by atoms with Crippen LogP contribution in [0.2, 0.25) is 10.0 Å². The van der Waals surface area contributed by atoms with Crippen LogP contribution in [0.4, 0.5) is 0 Å². The standard InChI is InChI=1S/C42H49Cl2N5O5/c1-25(2)11-8-18-53-36-22-32(54-24-50)21-30(45-36)23-48-15-10-16-49-40-34(13-14-35(43)38(40)37-28(5)46-47(7)29(37)6)33(41(49)42(48)51)12-9-17-52-31-19-26(3)39(44)27(4)20-31/h13-14,19-22,24-25H,8-12,15-18,23H2,1-7H3. The molecule has 0 aliphatic carbocycles. The lowest BCUT2D eigenvalue weighted by Crippen LogP contribution is -2.31. The van der Waals surface area contributed by atoms with Gasteiger partial charge < -0.3 is 23.7 Å². The van der Waals surface area contributed by atoms with Gasteiger partial charge in [-0.1, -0.05) is 43.1 Å². The van der Waals surface area contributed by atoms with Gasteiger partial charge in [0.2, 0.25) is 5.88 Å². The molecule has 0 spiro atoms. The first-order chi connectivity index (χ1) is 25.9. The lowest BCUT2D eigenvalue weighted by Gasteiger charge is -2.21. The summed E-state index contributed by atoms with van der Waals surface area (Å²) in [5.41, 5.74) is 8.74. The Labute approximate surface area is 327 Å². The van der Waals surface area contributed by atoms with Crippen LogP contribution in [0.15, 0.2) is 36.4 Å². The summed E-state index contributed by atoms with van der Waals surface area (Å²) in [6, 6.07) is 11.2. The lowest BCUT2D eigenvalue weighted by molar-refractivity contribution is -0.120. The Balaban J connectivity index is 1.38. The van der Waals surface area contributed by atoms with Crippen molar-refractivity contribution in [3.63, 3.8) is 0 Å². The minimum Gasteiger partial charge on any atom is -0.494 e. The summed E-state index contributed by atoms with van der Waals surface area (Å²) in [5, 5.41) is 7.04. The number of halogens is 2. The van der Waals surface area contributed by atoms with E-state index in [1.807, 2.05) is 68.6 Å². The van der Waals surface area contributed by atoms with Gasteiger partial charge in [0.05, 0.1) is 41.7 Å². The maximum atomic E-state index is 14.9. The summed E-state index contributed by atoms with van der Waals surface area (Å²) >= 11 is 13.5. The van der Waals surface area contributed by atoms with Gasteiger partial charge in [0.25, 0.3) is 12.4 Å². The van der Waals surface area contributed by atoms with Gasteiger partial charge in [-0.3, -0.25) is 14.3 Å². The first-order valence-electron chi connectivity index (χ1n) is 18.6. The predicted octanol–water partition coefficient (Wildman–Crippen LogP) is 9.39. The number of carbonyl (C=O) groups excluding carboxylic acids is 2. The predicted molar refractivity (Wildman–Crippen MR) is 213 cm³/mol. The van der Waals surface area contributed by atoms with Gasteiger partial charge in [0.15, 0.2) is 0 Å². The second kappa shape index (κ2) is 16.9. The molecule has 4 heterocycles. The summed E-state index contributed by atoms with van der Waals surface area (Å²) in [6.07, 6.45) is 3.88. The molecule has 0 saturated carbocycles. The molecule has 6 rings (SSSR count). The molecule has 0 unspecified atom stereocenters. The normalized spacial score (nSPS) is 13.1. The molecule has 2 aromatic carbocycles. The van der Waals surface area contributed by atoms with Gasteiger partial charge in [-0.15, -0.1) is 0 Å². The van der Waals surface area contributed by atoms with Crippen LogP contribution in [0.5, 0.6) is 17.4 Å². The molecule has 10 nitrogen and oxygen atoms in total. The Bertz CT molecular complexity index is 2170. The average Bonchev–Trinajstić information content (AvgIpc) is 3.50. The van der Waals surface area contributed by atoms with E-state index in [0.29, 0.717) is 86.0 Å². The van der Waals surface area contributed by atoms with Crippen molar-refractivity contribution in [2.24, 2.45) is 13.0 Å². The summed E-state index contributed by atoms with van der Waals surface area (Å²) < 4.78 is 21.5. The molecule has 1 amide bonds. The van der Waals surface area contributed by atoms with Gasteiger partial charge >= 0.3 is 0 Å². The van der Waals surface area contributed by atoms with Crippen LogP contribution in [0, 0.1) is 33.6 Å². The molecule has 1 aliphatic heterocycles. The number of rotatable bonds is 15. The van der Waals surface area contributed by atoms with Gasteiger partial charge in [0.1, 0.15) is 17.2 Å². The molecule has 12 heteroatoms. The van der Waals surface area contributed by atoms with E-state index < -0.39 is 0 Å². The second-order valence-electron chi connectivity index (χ2n) is 14.6. The highest BCUT2D eigenvalue weighted by atomic mass is 35.5. The van der Waals surface area contributed by atoms with Crippen molar-refractivity contribution in [1.29, 1.82) is 0 Å². The SMILES string of the molecule is Cc1cc(OCCCc2c3n(c4c(-c5c(C)nn(C)c5C)c(Cl)ccc24)CCCN(Cc2cc(OC=O)cc(OCCCC(C)C)n2)C3=O)cc(C)c1Cl. The van der Waals surface area contributed by atoms with Gasteiger partial charge in [-0.2, -0.15) is 5.10 Å². The molecular weight excluding hydrogens is 725 g/mol. The van der Waals surface area contributed by atoms with Crippen LogP contribution in [-0.2, 0) is 31.4 Å². The van der Waals surface area contributed by atoms with E-state index in [1.54, 1.807) is 12.1 Å². The molecule has 0 saturated heterocycles. The maximum absolute atomic E-state index is 14.9. The Morgan fingerprint density at radius 3 is 2.35 bits per heavy atom. The van der Waals surface area contributed by atoms with Gasteiger partial charge in [-0.05, 0) is 101 Å². The molecule has 0 radical (unpaired) electrons. The summed E-state index contributed by atoms with van der Waals surface area (Å²) in [5.74, 6) is 1.90. The van der Waals surface area contributed by atoms with Crippen molar-refractivity contribution in [1.82, 2.24) is 24.2 Å². The van der Waals surface area contributed by atoms with Crippen molar-refractivity contribution in [2.45, 2.75) is 86.7 Å². The van der Waals surface area contributed by atoms with Crippen molar-refractivity contribution < 1.29 is 23.8 Å². The summed E-state index contributed by atoms with van der Waals surface area (Å²) in [6.45, 7) is 15.0. The van der Waals surface area contributed by atoms with E-state index in [4.69, 9.17) is 47.5 Å². The van der Waals surface area contributed by atoms with Crippen LogP contribution in [0.1, 0.15) is 83.8 Å². The number of ether oxygens (including phenoxy) is 3. The molecule has 3 aromatic heterocycles. The van der Waals surface area contributed by atoms with E-state index in [2.05, 4.69) is 18.4 Å². The minimum atomic E-state index is -0.104. The second-order valence-corrected chi connectivity index (χ2v) is 15.4. The number of pyridine rings is 1. The van der Waals surface area contributed by atoms with Crippen molar-refractivity contribution in [3.8, 4) is 28.5 Å². The number of hydrogen-bond donors (Lipinski definition) is 0. The molecule has 54 heavy (non-hydrogen) atoms. The fraction of sp³-hybridized carbons (Fsp3) is 0.429. The van der Waals surface area contributed by atoms with Gasteiger partial charge in [-0.25, -0.2) is 4.98 Å². The van der Waals surface area contributed by atoms with Gasteiger partial charge in [0, 0.05) is 59.5 Å². The van der Waals surface area contributed by atoms with Crippen molar-refractivity contribution >= 4 is 46.5 Å². The Morgan fingerprint density at radius 1 is 0.926 bits per heavy atom. The van der Waals surface area contributed by atoms with Crippen LogP contribution in [0.25, 0.3) is 22.0 Å². The summed E-state index contributed by atoms with van der Waals surface area (Å²) in [4.78, 5) is 32.8. The molecule has 0 fully saturated rings. The maximum Gasteiger partial charge on any atom is 0.298 e. The zero-order chi connectivity index (χ0) is 38.7. The largest absolute Gasteiger partial charge is 0.494 e. The quantitative estimate of drug-likeness (QED) is 0.0772. The number of aryl methyl sites for hydroxylation is 6. The van der Waals surface area contributed by atoms with Crippen LogP contribution >= 0.6 is 23.2 Å². The van der Waals surface area contributed by atoms with Crippen LogP contribution in [0.3, 0.4) is 0 Å². The number of carbonyl (C=O) groups is 2. The Morgan fingerprint density at radius 2 is 1.67 bits per heavy atom. The number of fused-ring (bicyclic) bond motifs is 3. The Kier molecular flexibility index (Phi) is 12.2. The summed E-state index contributed by atoms with van der Waals surface area (Å²) in [7, 11) is 1.93. The van der Waals surface area contributed by atoms with E-state index in [-0.39, 0.29) is 12.5 Å². The number of aromatic nitrogens is 4. The number of amides is 1. The third-order valence-corrected chi connectivity index (χ3v) is 11.0. The zero-order valence-electron chi connectivity index (χ0n) is 32.2. The lowest BCUT2D eigenvalue weighted by atomic mass is 9.98. The highest BCUT2D eigenvalue weighted by molar-refractivity contribution is 6.35. The molecule has 5 aromatic rings. The van der Waals surface area contributed by atoms with E-state index in [9.17, 15) is 9.59 Å². The van der Waals surface area contributed by atoms with Crippen molar-refractivity contribution in [3.05, 3.63) is 85.9 Å². The van der Waals surface area contributed by atoms with E-state index in [0.717, 1.165) is 73.7 Å². The third-order valence-electron chi connectivity index (χ3n) is 10.1. The fourth-order valence-corrected chi connectivity index (χ4v) is 7.87. The molecule has 0 bridgehead atoms. The molecule has 1 aliphatic rings. The highest BCUT2D eigenvalue weighted by Crippen LogP contribution is 2.43. The topological polar surface area (TPSA) is 101 Å². The minimum absolute atomic E-state index is 0.104. The highest BCUT2D eigenvalue weighted by Gasteiger charge is 2.32. The van der Waals surface area contributed by atoms with Crippen LogP contribution < -0.4 is 14.2 Å². The molecule has 286 valence electrons. The fourth-order valence-electron chi connectivity index (χ4n) is 7.51. The smallest absolute Gasteiger partial charge is 0.298 e. The molecular formula is C42H49Cl2N5O5. The molecule has 0 N–H and O–H groups in total. The molecule has 0 atom stereocenters. The van der Waals surface area contributed by atoms with E-state index in [1.165, 1.54) is 0 Å². The first-order valence-corrected chi connectivity index (χ1v) is 19.4. The average molecular weight is 775 g/mol. The number of benzene rings is 2. The number of nitrogens with zero attached hydrogens (tertiary/aromatic N) is 5. The number of hydrogen-bond acceptors (Lipinski definition) is 7. The monoisotopic (exact) mass is 773 g/mol. The van der Waals surface area contributed by atoms with E-state index >= 15 is 0 Å².